The van der Waals surface area contributed by atoms with E-state index in [1.807, 2.05) is 0 Å². The smallest absolute Gasteiger partial charge is 0.261 e. The Morgan fingerprint density at radius 2 is 1.85 bits per heavy atom. The number of nitrogens with zero attached hydrogens (tertiary/aromatic N) is 3. The Morgan fingerprint density at radius 1 is 1.15 bits per heavy atom. The molecule has 0 atom stereocenters. The van der Waals surface area contributed by atoms with Gasteiger partial charge >= 0.3 is 0 Å². The molecule has 2 heterocycles. The predicted molar refractivity (Wildman–Crippen MR) is 73.5 cm³/mol. The zero-order valence-electron chi connectivity index (χ0n) is 10.6. The van der Waals surface area contributed by atoms with Crippen LogP contribution in [0, 0.1) is 0 Å². The van der Waals surface area contributed by atoms with E-state index >= 15 is 0 Å². The van der Waals surface area contributed by atoms with Gasteiger partial charge in [0.25, 0.3) is 11.8 Å². The zero-order valence-corrected chi connectivity index (χ0v) is 11.4. The van der Waals surface area contributed by atoms with Crippen LogP contribution in [0.1, 0.15) is 27.1 Å². The number of aromatic amines is 1. The summed E-state index contributed by atoms with van der Waals surface area (Å²) in [6, 6.07) is 6.93. The number of thioether (sulfide) groups is 1. The fourth-order valence-electron chi connectivity index (χ4n) is 2.10. The van der Waals surface area contributed by atoms with Crippen molar-refractivity contribution in [3.8, 4) is 0 Å². The molecule has 0 radical (unpaired) electrons. The van der Waals surface area contributed by atoms with Gasteiger partial charge in [0.15, 0.2) is 0 Å². The molecule has 0 fully saturated rings. The highest BCUT2D eigenvalue weighted by molar-refractivity contribution is 7.99. The lowest BCUT2D eigenvalue weighted by Gasteiger charge is -2.12. The van der Waals surface area contributed by atoms with E-state index in [2.05, 4.69) is 15.4 Å². The fraction of sp³-hybridized carbons (Fsp3) is 0.231. The van der Waals surface area contributed by atoms with Crippen LogP contribution in [-0.2, 0) is 0 Å². The molecule has 0 spiro atoms. The number of carbonyl (C=O) groups excluding carboxylic acids is 2. The topological polar surface area (TPSA) is 79.0 Å². The van der Waals surface area contributed by atoms with Crippen LogP contribution in [0.2, 0.25) is 0 Å². The molecule has 0 bridgehead atoms. The minimum Gasteiger partial charge on any atom is -0.274 e. The molecular formula is C13H12N4O2S. The summed E-state index contributed by atoms with van der Waals surface area (Å²) in [6.07, 6.45) is 2.37. The predicted octanol–water partition coefficient (Wildman–Crippen LogP) is 1.58. The van der Waals surface area contributed by atoms with Crippen molar-refractivity contribution in [2.24, 2.45) is 0 Å². The summed E-state index contributed by atoms with van der Waals surface area (Å²) in [6.45, 7) is 0.428. The van der Waals surface area contributed by atoms with Gasteiger partial charge in [-0.3, -0.25) is 14.5 Å². The number of hydrogen-bond donors (Lipinski definition) is 1. The molecule has 7 heteroatoms. The van der Waals surface area contributed by atoms with E-state index in [9.17, 15) is 9.59 Å². The molecule has 0 saturated carbocycles. The van der Waals surface area contributed by atoms with Crippen LogP contribution in [0.5, 0.6) is 0 Å². The zero-order chi connectivity index (χ0) is 13.9. The SMILES string of the molecule is O=C1c2ccccc2C(=O)N1CCCSc1cn[nH]n1. The van der Waals surface area contributed by atoms with Crippen LogP contribution < -0.4 is 0 Å². The van der Waals surface area contributed by atoms with Gasteiger partial charge in [0, 0.05) is 12.3 Å². The van der Waals surface area contributed by atoms with Gasteiger partial charge < -0.3 is 0 Å². The summed E-state index contributed by atoms with van der Waals surface area (Å²) in [5.74, 6) is 0.383. The number of imide groups is 1. The number of benzene rings is 1. The molecular weight excluding hydrogens is 276 g/mol. The number of nitrogens with one attached hydrogen (secondary N) is 1. The largest absolute Gasteiger partial charge is 0.274 e. The van der Waals surface area contributed by atoms with E-state index in [4.69, 9.17) is 0 Å². The van der Waals surface area contributed by atoms with E-state index < -0.39 is 0 Å². The van der Waals surface area contributed by atoms with Crippen molar-refractivity contribution in [2.45, 2.75) is 11.4 Å². The summed E-state index contributed by atoms with van der Waals surface area (Å²) < 4.78 is 0. The van der Waals surface area contributed by atoms with Crippen molar-refractivity contribution in [3.05, 3.63) is 41.6 Å². The van der Waals surface area contributed by atoms with Gasteiger partial charge in [0.2, 0.25) is 0 Å². The number of hydrogen-bond acceptors (Lipinski definition) is 5. The highest BCUT2D eigenvalue weighted by Crippen LogP contribution is 2.23. The van der Waals surface area contributed by atoms with Gasteiger partial charge in [-0.05, 0) is 18.6 Å². The first kappa shape index (κ1) is 12.9. The Bertz CT molecular complexity index is 607. The second-order valence-electron chi connectivity index (χ2n) is 4.32. The van der Waals surface area contributed by atoms with Crippen LogP contribution in [-0.4, -0.2) is 44.4 Å². The van der Waals surface area contributed by atoms with Crippen LogP contribution in [0.15, 0.2) is 35.5 Å². The number of fused-ring (bicyclic) bond motifs is 1. The van der Waals surface area contributed by atoms with Crippen molar-refractivity contribution in [2.75, 3.05) is 12.3 Å². The fourth-order valence-corrected chi connectivity index (χ4v) is 2.82. The van der Waals surface area contributed by atoms with E-state index in [1.165, 1.54) is 4.90 Å². The highest BCUT2D eigenvalue weighted by Gasteiger charge is 2.34. The van der Waals surface area contributed by atoms with Gasteiger partial charge in [0.1, 0.15) is 5.03 Å². The minimum atomic E-state index is -0.197. The molecule has 1 aliphatic heterocycles. The molecule has 1 aromatic heterocycles. The maximum absolute atomic E-state index is 12.1. The van der Waals surface area contributed by atoms with Crippen LogP contribution in [0.3, 0.4) is 0 Å². The molecule has 2 aromatic rings. The molecule has 3 rings (SSSR count). The number of H-pyrrole nitrogens is 1. The first-order valence-corrected chi connectivity index (χ1v) is 7.20. The van der Waals surface area contributed by atoms with Crippen molar-refractivity contribution in [1.29, 1.82) is 0 Å². The lowest BCUT2D eigenvalue weighted by atomic mass is 10.1. The monoisotopic (exact) mass is 288 g/mol. The quantitative estimate of drug-likeness (QED) is 0.513. The molecule has 1 aliphatic rings. The second kappa shape index (κ2) is 5.46. The number of aromatic nitrogens is 3. The summed E-state index contributed by atoms with van der Waals surface area (Å²) in [5.41, 5.74) is 1.00. The standard InChI is InChI=1S/C13H12N4O2S/c18-12-9-4-1-2-5-10(9)13(19)17(12)6-3-7-20-11-8-14-16-15-11/h1-2,4-5,8H,3,6-7H2,(H,14,15,16). The Labute approximate surface area is 119 Å². The number of carbonyl (C=O) groups is 2. The lowest BCUT2D eigenvalue weighted by Crippen LogP contribution is -2.30. The number of rotatable bonds is 5. The van der Waals surface area contributed by atoms with Crippen molar-refractivity contribution >= 4 is 23.6 Å². The number of amides is 2. The molecule has 0 aliphatic carbocycles. The van der Waals surface area contributed by atoms with Gasteiger partial charge in [-0.1, -0.05) is 12.1 Å². The lowest BCUT2D eigenvalue weighted by molar-refractivity contribution is 0.0655. The molecule has 1 aromatic carbocycles. The summed E-state index contributed by atoms with van der Waals surface area (Å²) in [4.78, 5) is 25.5. The molecule has 1 N–H and O–H groups in total. The van der Waals surface area contributed by atoms with Crippen LogP contribution in [0.25, 0.3) is 0 Å². The van der Waals surface area contributed by atoms with Crippen molar-refractivity contribution < 1.29 is 9.59 Å². The van der Waals surface area contributed by atoms with Gasteiger partial charge in [-0.15, -0.1) is 16.9 Å². The molecule has 20 heavy (non-hydrogen) atoms. The maximum Gasteiger partial charge on any atom is 0.261 e. The first-order valence-electron chi connectivity index (χ1n) is 6.21. The molecule has 0 unspecified atom stereocenters. The van der Waals surface area contributed by atoms with E-state index in [0.717, 1.165) is 17.2 Å². The molecule has 102 valence electrons. The average molecular weight is 288 g/mol. The van der Waals surface area contributed by atoms with E-state index in [0.29, 0.717) is 17.7 Å². The molecule has 6 nitrogen and oxygen atoms in total. The highest BCUT2D eigenvalue weighted by atomic mass is 32.2. The van der Waals surface area contributed by atoms with E-state index in [1.54, 1.807) is 42.2 Å². The van der Waals surface area contributed by atoms with Crippen LogP contribution in [0.4, 0.5) is 0 Å². The van der Waals surface area contributed by atoms with E-state index in [-0.39, 0.29) is 11.8 Å². The summed E-state index contributed by atoms with van der Waals surface area (Å²) in [7, 11) is 0. The van der Waals surface area contributed by atoms with Gasteiger partial charge in [0.05, 0.1) is 17.3 Å². The first-order chi connectivity index (χ1) is 9.77. The molecule has 0 saturated heterocycles. The van der Waals surface area contributed by atoms with Crippen molar-refractivity contribution in [1.82, 2.24) is 20.3 Å². The Kier molecular flexibility index (Phi) is 3.51. The summed E-state index contributed by atoms with van der Waals surface area (Å²) >= 11 is 1.54. The Hall–Kier alpha value is -2.15. The minimum absolute atomic E-state index is 0.197. The third-order valence-corrected chi connectivity index (χ3v) is 4.03. The maximum atomic E-state index is 12.1. The summed E-state index contributed by atoms with van der Waals surface area (Å²) in [5, 5.41) is 11.0. The van der Waals surface area contributed by atoms with Gasteiger partial charge in [-0.25, -0.2) is 0 Å². The normalized spacial score (nSPS) is 13.9. The van der Waals surface area contributed by atoms with Crippen molar-refractivity contribution in [3.63, 3.8) is 0 Å². The Morgan fingerprint density at radius 3 is 2.45 bits per heavy atom. The third-order valence-electron chi connectivity index (χ3n) is 3.05. The van der Waals surface area contributed by atoms with Crippen LogP contribution >= 0.6 is 11.8 Å². The van der Waals surface area contributed by atoms with Gasteiger partial charge in [-0.2, -0.15) is 10.3 Å². The third kappa shape index (κ3) is 2.32. The molecule has 2 amide bonds. The average Bonchev–Trinajstić information content (AvgIpc) is 3.06. The second-order valence-corrected chi connectivity index (χ2v) is 5.43. The Balaban J connectivity index is 1.57.